The summed E-state index contributed by atoms with van der Waals surface area (Å²) in [5, 5.41) is 18.8. The van der Waals surface area contributed by atoms with Crippen molar-refractivity contribution in [3.8, 4) is 11.6 Å². The lowest BCUT2D eigenvalue weighted by Crippen LogP contribution is -1.93. The van der Waals surface area contributed by atoms with Crippen LogP contribution in [0, 0.1) is 0 Å². The number of hydrogen-bond donors (Lipinski definition) is 2. The lowest BCUT2D eigenvalue weighted by molar-refractivity contribution is 0.0994. The predicted molar refractivity (Wildman–Crippen MR) is 110 cm³/mol. The molecule has 2 aromatic carbocycles. The molecule has 0 atom stereocenters. The van der Waals surface area contributed by atoms with Gasteiger partial charge in [-0.2, -0.15) is 0 Å². The van der Waals surface area contributed by atoms with Crippen molar-refractivity contribution in [2.24, 2.45) is 10.2 Å². The van der Waals surface area contributed by atoms with Gasteiger partial charge in [-0.1, -0.05) is 17.8 Å². The standard InChI is InChI=1S/C21H16N4O3S/c1-28-14-7-9-15(10-8-14)29-17-6-2-5-16-18(17)19(21(27)23-16)24-25-20(26)13-4-3-11-22-12-13/h2-12,23,27H,1H3. The molecule has 4 rings (SSSR count). The summed E-state index contributed by atoms with van der Waals surface area (Å²) in [7, 11) is 1.62. The highest BCUT2D eigenvalue weighted by molar-refractivity contribution is 7.99. The molecular weight excluding hydrogens is 388 g/mol. The molecule has 4 aromatic rings. The highest BCUT2D eigenvalue weighted by atomic mass is 32.2. The number of carbonyl (C=O) groups excluding carboxylic acids is 1. The molecule has 0 spiro atoms. The third kappa shape index (κ3) is 3.97. The Morgan fingerprint density at radius 3 is 2.69 bits per heavy atom. The number of hydrogen-bond acceptors (Lipinski definition) is 6. The molecule has 144 valence electrons. The van der Waals surface area contributed by atoms with Gasteiger partial charge in [-0.3, -0.25) is 9.78 Å². The van der Waals surface area contributed by atoms with Crippen LogP contribution in [0.4, 0.5) is 5.69 Å². The number of ether oxygens (including phenoxy) is 1. The normalized spacial score (nSPS) is 11.2. The Kier molecular flexibility index (Phi) is 5.26. The lowest BCUT2D eigenvalue weighted by atomic mass is 10.2. The Labute approximate surface area is 170 Å². The van der Waals surface area contributed by atoms with E-state index < -0.39 is 5.91 Å². The van der Waals surface area contributed by atoms with Crippen LogP contribution in [0.25, 0.3) is 10.9 Å². The first-order chi connectivity index (χ1) is 14.2. The molecule has 0 fully saturated rings. The van der Waals surface area contributed by atoms with Crippen LogP contribution in [-0.4, -0.2) is 28.1 Å². The average Bonchev–Trinajstić information content (AvgIpc) is 3.09. The van der Waals surface area contributed by atoms with E-state index in [2.05, 4.69) is 20.2 Å². The minimum Gasteiger partial charge on any atom is -0.497 e. The van der Waals surface area contributed by atoms with Gasteiger partial charge < -0.3 is 14.8 Å². The smallest absolute Gasteiger partial charge is 0.296 e. The number of benzene rings is 2. The Balaban J connectivity index is 1.70. The molecular formula is C21H16N4O3S. The first kappa shape index (κ1) is 18.7. The van der Waals surface area contributed by atoms with Crippen molar-refractivity contribution in [3.63, 3.8) is 0 Å². The predicted octanol–water partition coefficient (Wildman–Crippen LogP) is 5.35. The molecule has 2 N–H and O–H groups in total. The Morgan fingerprint density at radius 2 is 1.97 bits per heavy atom. The molecule has 0 saturated carbocycles. The minimum atomic E-state index is -0.535. The summed E-state index contributed by atoms with van der Waals surface area (Å²) in [6.07, 6.45) is 2.99. The zero-order valence-electron chi connectivity index (χ0n) is 15.4. The van der Waals surface area contributed by atoms with E-state index in [4.69, 9.17) is 4.74 Å². The zero-order chi connectivity index (χ0) is 20.2. The van der Waals surface area contributed by atoms with E-state index in [1.54, 1.807) is 25.4 Å². The number of nitrogens with zero attached hydrogens (tertiary/aromatic N) is 3. The van der Waals surface area contributed by atoms with Crippen LogP contribution < -0.4 is 4.74 Å². The van der Waals surface area contributed by atoms with Crippen LogP contribution >= 0.6 is 11.8 Å². The quantitative estimate of drug-likeness (QED) is 0.437. The fourth-order valence-electron chi connectivity index (χ4n) is 2.78. The van der Waals surface area contributed by atoms with E-state index in [1.165, 1.54) is 18.0 Å². The molecule has 7 nitrogen and oxygen atoms in total. The number of nitrogens with one attached hydrogen (secondary N) is 1. The van der Waals surface area contributed by atoms with E-state index in [1.807, 2.05) is 42.5 Å². The van der Waals surface area contributed by atoms with Crippen LogP contribution in [0.2, 0.25) is 0 Å². The van der Waals surface area contributed by atoms with E-state index >= 15 is 0 Å². The first-order valence-electron chi connectivity index (χ1n) is 8.67. The summed E-state index contributed by atoms with van der Waals surface area (Å²) in [6, 6.07) is 16.5. The van der Waals surface area contributed by atoms with Crippen LogP contribution in [0.5, 0.6) is 11.6 Å². The van der Waals surface area contributed by atoms with Gasteiger partial charge in [0.25, 0.3) is 5.91 Å². The molecule has 0 bridgehead atoms. The van der Waals surface area contributed by atoms with Crippen molar-refractivity contribution in [1.29, 1.82) is 0 Å². The molecule has 0 saturated heterocycles. The number of pyridine rings is 1. The second-order valence-corrected chi connectivity index (χ2v) is 7.14. The highest BCUT2D eigenvalue weighted by Gasteiger charge is 2.16. The lowest BCUT2D eigenvalue weighted by Gasteiger charge is -2.05. The fraction of sp³-hybridized carbons (Fsp3) is 0.0476. The van der Waals surface area contributed by atoms with Crippen LogP contribution in [-0.2, 0) is 0 Å². The SMILES string of the molecule is COc1ccc(Sc2cccc3[nH]c(O)c(N=NC(=O)c4cccnc4)c23)cc1. The topological polar surface area (TPSA) is 99.9 Å². The molecule has 0 unspecified atom stereocenters. The van der Waals surface area contributed by atoms with Crippen molar-refractivity contribution in [2.45, 2.75) is 9.79 Å². The van der Waals surface area contributed by atoms with E-state index in [9.17, 15) is 9.90 Å². The highest BCUT2D eigenvalue weighted by Crippen LogP contribution is 2.43. The summed E-state index contributed by atoms with van der Waals surface area (Å²) in [5.74, 6) is 0.0907. The van der Waals surface area contributed by atoms with Gasteiger partial charge in [0.2, 0.25) is 5.88 Å². The Morgan fingerprint density at radius 1 is 1.14 bits per heavy atom. The number of aromatic hydroxyl groups is 1. The van der Waals surface area contributed by atoms with Gasteiger partial charge in [-0.25, -0.2) is 0 Å². The maximum absolute atomic E-state index is 12.2. The van der Waals surface area contributed by atoms with Gasteiger partial charge in [0.15, 0.2) is 5.69 Å². The number of carbonyl (C=O) groups is 1. The number of amides is 1. The monoisotopic (exact) mass is 404 g/mol. The van der Waals surface area contributed by atoms with Gasteiger partial charge in [-0.05, 0) is 48.5 Å². The van der Waals surface area contributed by atoms with Crippen molar-refractivity contribution in [2.75, 3.05) is 7.11 Å². The van der Waals surface area contributed by atoms with E-state index in [0.717, 1.165) is 15.5 Å². The number of aromatic amines is 1. The molecule has 0 aliphatic rings. The number of H-pyrrole nitrogens is 1. The minimum absolute atomic E-state index is 0.148. The van der Waals surface area contributed by atoms with Crippen LogP contribution in [0.3, 0.4) is 0 Å². The summed E-state index contributed by atoms with van der Waals surface area (Å²) in [6.45, 7) is 0. The third-order valence-corrected chi connectivity index (χ3v) is 5.24. The summed E-state index contributed by atoms with van der Waals surface area (Å²) in [5.41, 5.74) is 1.24. The maximum atomic E-state index is 12.2. The molecule has 1 amide bonds. The van der Waals surface area contributed by atoms with Crippen molar-refractivity contribution < 1.29 is 14.6 Å². The number of methoxy groups -OCH3 is 1. The van der Waals surface area contributed by atoms with E-state index in [0.29, 0.717) is 16.5 Å². The first-order valence-corrected chi connectivity index (χ1v) is 9.49. The fourth-order valence-corrected chi connectivity index (χ4v) is 3.76. The van der Waals surface area contributed by atoms with Crippen LogP contribution in [0.1, 0.15) is 10.4 Å². The zero-order valence-corrected chi connectivity index (χ0v) is 16.2. The molecule has 29 heavy (non-hydrogen) atoms. The van der Waals surface area contributed by atoms with Gasteiger partial charge in [0, 0.05) is 27.6 Å². The summed E-state index contributed by atoms with van der Waals surface area (Å²) >= 11 is 1.51. The number of azo groups is 1. The second-order valence-electron chi connectivity index (χ2n) is 6.03. The number of aromatic nitrogens is 2. The number of fused-ring (bicyclic) bond motifs is 1. The van der Waals surface area contributed by atoms with Crippen LogP contribution in [0.15, 0.2) is 87.0 Å². The molecule has 0 radical (unpaired) electrons. The molecule has 8 heteroatoms. The van der Waals surface area contributed by atoms with E-state index in [-0.39, 0.29) is 11.6 Å². The largest absolute Gasteiger partial charge is 0.497 e. The van der Waals surface area contributed by atoms with Crippen molar-refractivity contribution in [3.05, 3.63) is 72.6 Å². The van der Waals surface area contributed by atoms with Gasteiger partial charge in [0.1, 0.15) is 5.75 Å². The molecule has 0 aliphatic carbocycles. The summed E-state index contributed by atoms with van der Waals surface area (Å²) < 4.78 is 5.19. The Bertz CT molecular complexity index is 1190. The summed E-state index contributed by atoms with van der Waals surface area (Å²) in [4.78, 5) is 20.9. The van der Waals surface area contributed by atoms with Gasteiger partial charge >= 0.3 is 0 Å². The maximum Gasteiger partial charge on any atom is 0.296 e. The second kappa shape index (κ2) is 8.15. The van der Waals surface area contributed by atoms with Gasteiger partial charge in [0.05, 0.1) is 18.2 Å². The third-order valence-electron chi connectivity index (χ3n) is 4.18. The number of rotatable bonds is 5. The Hall–Kier alpha value is -3.65. The van der Waals surface area contributed by atoms with Crippen molar-refractivity contribution >= 4 is 34.3 Å². The molecule has 2 heterocycles. The van der Waals surface area contributed by atoms with Crippen molar-refractivity contribution in [1.82, 2.24) is 9.97 Å². The average molecular weight is 404 g/mol. The molecule has 0 aliphatic heterocycles. The molecule has 2 aromatic heterocycles. The van der Waals surface area contributed by atoms with Gasteiger partial charge in [-0.15, -0.1) is 10.2 Å².